The number of hydrogen-bond donors (Lipinski definition) is 0. The number of alkyl halides is 1. The normalized spacial score (nSPS) is 12.1. The Morgan fingerprint density at radius 2 is 2.18 bits per heavy atom. The minimum atomic E-state index is -0.0706. The summed E-state index contributed by atoms with van der Waals surface area (Å²) in [6.45, 7) is 3.86. The van der Waals surface area contributed by atoms with Gasteiger partial charge in [-0.05, 0) is 26.0 Å². The van der Waals surface area contributed by atoms with Crippen LogP contribution in [0, 0.1) is 6.92 Å². The highest BCUT2D eigenvalue weighted by atomic mass is 35.5. The summed E-state index contributed by atoms with van der Waals surface area (Å²) in [6, 6.07) is 5.55. The Morgan fingerprint density at radius 1 is 1.53 bits per heavy atom. The minimum absolute atomic E-state index is 0.00520. The first-order valence-corrected chi connectivity index (χ1v) is 6.02. The lowest BCUT2D eigenvalue weighted by molar-refractivity contribution is 0.0753. The van der Waals surface area contributed by atoms with E-state index in [9.17, 15) is 4.79 Å². The summed E-state index contributed by atoms with van der Waals surface area (Å²) in [6.07, 6.45) is 0. The number of carbonyl (C=O) groups excluding carboxylic acids is 1. The second-order valence-electron chi connectivity index (χ2n) is 4.12. The molecule has 0 heterocycles. The number of nitrogens with zero attached hydrogens (tertiary/aromatic N) is 1. The van der Waals surface area contributed by atoms with Crippen LogP contribution < -0.4 is 4.74 Å². The number of carbonyl (C=O) groups is 1. The van der Waals surface area contributed by atoms with E-state index in [0.29, 0.717) is 17.2 Å². The Labute approximate surface area is 107 Å². The van der Waals surface area contributed by atoms with Crippen molar-refractivity contribution in [3.8, 4) is 5.75 Å². The van der Waals surface area contributed by atoms with Gasteiger partial charge in [0.2, 0.25) is 0 Å². The fraction of sp³-hybridized carbons (Fsp3) is 0.462. The average Bonchev–Trinajstić information content (AvgIpc) is 2.35. The van der Waals surface area contributed by atoms with Crippen LogP contribution in [0.15, 0.2) is 18.2 Å². The van der Waals surface area contributed by atoms with Crippen LogP contribution in [-0.2, 0) is 0 Å². The van der Waals surface area contributed by atoms with Crippen LogP contribution in [0.2, 0.25) is 0 Å². The van der Waals surface area contributed by atoms with Crippen LogP contribution in [0.5, 0.6) is 5.75 Å². The van der Waals surface area contributed by atoms with Crippen molar-refractivity contribution in [3.63, 3.8) is 0 Å². The van der Waals surface area contributed by atoms with Crippen molar-refractivity contribution in [1.29, 1.82) is 0 Å². The standard InChI is InChI=1S/C13H18ClNO2/c1-9-5-6-12(17-4)11(7-9)13(16)15(3)10(2)8-14/h5-7,10H,8H2,1-4H3. The summed E-state index contributed by atoms with van der Waals surface area (Å²) < 4.78 is 5.20. The molecule has 1 aromatic rings. The predicted molar refractivity (Wildman–Crippen MR) is 70.0 cm³/mol. The molecule has 0 aromatic heterocycles. The van der Waals surface area contributed by atoms with Crippen molar-refractivity contribution in [2.75, 3.05) is 20.0 Å². The Bertz CT molecular complexity index is 406. The molecule has 94 valence electrons. The van der Waals surface area contributed by atoms with Crippen molar-refractivity contribution >= 4 is 17.5 Å². The zero-order valence-corrected chi connectivity index (χ0v) is 11.4. The number of methoxy groups -OCH3 is 1. The van der Waals surface area contributed by atoms with Gasteiger partial charge in [0.25, 0.3) is 5.91 Å². The molecule has 0 aliphatic carbocycles. The van der Waals surface area contributed by atoms with Crippen LogP contribution >= 0.6 is 11.6 Å². The van der Waals surface area contributed by atoms with Gasteiger partial charge in [-0.2, -0.15) is 0 Å². The molecule has 0 bridgehead atoms. The first-order valence-electron chi connectivity index (χ1n) is 5.49. The van der Waals surface area contributed by atoms with E-state index < -0.39 is 0 Å². The van der Waals surface area contributed by atoms with Crippen LogP contribution in [0.3, 0.4) is 0 Å². The molecule has 4 heteroatoms. The smallest absolute Gasteiger partial charge is 0.257 e. The zero-order valence-electron chi connectivity index (χ0n) is 10.7. The largest absolute Gasteiger partial charge is 0.496 e. The lowest BCUT2D eigenvalue weighted by Crippen LogP contribution is -2.36. The molecular formula is C13H18ClNO2. The lowest BCUT2D eigenvalue weighted by Gasteiger charge is -2.24. The molecule has 0 saturated heterocycles. The van der Waals surface area contributed by atoms with Gasteiger partial charge in [0.05, 0.1) is 12.7 Å². The number of rotatable bonds is 4. The SMILES string of the molecule is COc1ccc(C)cc1C(=O)N(C)C(C)CCl. The molecule has 1 aromatic carbocycles. The summed E-state index contributed by atoms with van der Waals surface area (Å²) in [5, 5.41) is 0. The van der Waals surface area contributed by atoms with Gasteiger partial charge in [-0.15, -0.1) is 11.6 Å². The summed E-state index contributed by atoms with van der Waals surface area (Å²) in [5.41, 5.74) is 1.60. The molecule has 17 heavy (non-hydrogen) atoms. The summed E-state index contributed by atoms with van der Waals surface area (Å²) in [7, 11) is 3.31. The highest BCUT2D eigenvalue weighted by molar-refractivity contribution is 6.18. The Morgan fingerprint density at radius 3 is 2.71 bits per heavy atom. The van der Waals surface area contributed by atoms with Crippen LogP contribution in [0.25, 0.3) is 0 Å². The molecule has 0 aliphatic heterocycles. The molecule has 1 atom stereocenters. The van der Waals surface area contributed by atoms with E-state index in [0.717, 1.165) is 5.56 Å². The van der Waals surface area contributed by atoms with Crippen LogP contribution in [0.4, 0.5) is 0 Å². The molecule has 1 amide bonds. The molecule has 1 rings (SSSR count). The third kappa shape index (κ3) is 3.13. The van der Waals surface area contributed by atoms with E-state index in [2.05, 4.69) is 0 Å². The molecule has 0 spiro atoms. The van der Waals surface area contributed by atoms with Gasteiger partial charge in [-0.1, -0.05) is 11.6 Å². The van der Waals surface area contributed by atoms with Crippen molar-refractivity contribution in [1.82, 2.24) is 4.90 Å². The quantitative estimate of drug-likeness (QED) is 0.775. The number of ether oxygens (including phenoxy) is 1. The van der Waals surface area contributed by atoms with Crippen molar-refractivity contribution in [3.05, 3.63) is 29.3 Å². The molecule has 0 saturated carbocycles. The van der Waals surface area contributed by atoms with Crippen molar-refractivity contribution in [2.24, 2.45) is 0 Å². The molecular weight excluding hydrogens is 238 g/mol. The van der Waals surface area contributed by atoms with Gasteiger partial charge >= 0.3 is 0 Å². The molecule has 0 N–H and O–H groups in total. The second-order valence-corrected chi connectivity index (χ2v) is 4.43. The maximum atomic E-state index is 12.3. The Balaban J connectivity index is 3.06. The van der Waals surface area contributed by atoms with Crippen molar-refractivity contribution < 1.29 is 9.53 Å². The number of aryl methyl sites for hydroxylation is 1. The predicted octanol–water partition coefficient (Wildman–Crippen LogP) is 2.70. The molecule has 0 fully saturated rings. The van der Waals surface area contributed by atoms with E-state index in [1.54, 1.807) is 19.1 Å². The minimum Gasteiger partial charge on any atom is -0.496 e. The Hall–Kier alpha value is -1.22. The van der Waals surface area contributed by atoms with E-state index in [-0.39, 0.29) is 11.9 Å². The molecule has 1 unspecified atom stereocenters. The maximum Gasteiger partial charge on any atom is 0.257 e. The van der Waals surface area contributed by atoms with Gasteiger partial charge < -0.3 is 9.64 Å². The number of amides is 1. The summed E-state index contributed by atoms with van der Waals surface area (Å²) >= 11 is 5.76. The number of hydrogen-bond acceptors (Lipinski definition) is 2. The van der Waals surface area contributed by atoms with Gasteiger partial charge in [0, 0.05) is 19.0 Å². The van der Waals surface area contributed by atoms with Gasteiger partial charge in [-0.3, -0.25) is 4.79 Å². The number of halogens is 1. The van der Waals surface area contributed by atoms with Gasteiger partial charge in [0.15, 0.2) is 0 Å². The van der Waals surface area contributed by atoms with Crippen LogP contribution in [0.1, 0.15) is 22.8 Å². The molecule has 0 aliphatic rings. The maximum absolute atomic E-state index is 12.3. The monoisotopic (exact) mass is 255 g/mol. The second kappa shape index (κ2) is 5.92. The molecule has 3 nitrogen and oxygen atoms in total. The number of benzene rings is 1. The first-order chi connectivity index (χ1) is 8.01. The third-order valence-corrected chi connectivity index (χ3v) is 3.24. The lowest BCUT2D eigenvalue weighted by atomic mass is 10.1. The summed E-state index contributed by atoms with van der Waals surface area (Å²) in [4.78, 5) is 13.9. The topological polar surface area (TPSA) is 29.5 Å². The van der Waals surface area contributed by atoms with E-state index in [4.69, 9.17) is 16.3 Å². The van der Waals surface area contributed by atoms with Crippen LogP contribution in [-0.4, -0.2) is 36.9 Å². The highest BCUT2D eigenvalue weighted by Crippen LogP contribution is 2.21. The third-order valence-electron chi connectivity index (χ3n) is 2.79. The highest BCUT2D eigenvalue weighted by Gasteiger charge is 2.20. The first kappa shape index (κ1) is 13.8. The van der Waals surface area contributed by atoms with E-state index >= 15 is 0 Å². The zero-order chi connectivity index (χ0) is 13.0. The van der Waals surface area contributed by atoms with E-state index in [1.165, 1.54) is 0 Å². The molecule has 0 radical (unpaired) electrons. The van der Waals surface area contributed by atoms with E-state index in [1.807, 2.05) is 32.0 Å². The fourth-order valence-electron chi connectivity index (χ4n) is 1.48. The average molecular weight is 256 g/mol. The summed E-state index contributed by atoms with van der Waals surface area (Å²) in [5.74, 6) is 0.934. The van der Waals surface area contributed by atoms with Gasteiger partial charge in [0.1, 0.15) is 5.75 Å². The van der Waals surface area contributed by atoms with Gasteiger partial charge in [-0.25, -0.2) is 0 Å². The van der Waals surface area contributed by atoms with Crippen molar-refractivity contribution in [2.45, 2.75) is 19.9 Å². The fourth-order valence-corrected chi connectivity index (χ4v) is 1.69. The Kier molecular flexibility index (Phi) is 4.82.